The molecule has 128 valence electrons. The summed E-state index contributed by atoms with van der Waals surface area (Å²) in [6, 6.07) is 7.20. The molecule has 0 bridgehead atoms. The van der Waals surface area contributed by atoms with Crippen LogP contribution in [0.5, 0.6) is 0 Å². The molecule has 1 aliphatic rings. The van der Waals surface area contributed by atoms with Crippen LogP contribution in [-0.2, 0) is 6.54 Å². The summed E-state index contributed by atoms with van der Waals surface area (Å²) in [5.41, 5.74) is 6.20. The molecule has 1 aromatic heterocycles. The van der Waals surface area contributed by atoms with E-state index in [1.54, 1.807) is 17.0 Å². The molecular weight excluding hydrogens is 304 g/mol. The molecule has 2 aromatic rings. The maximum absolute atomic E-state index is 13.0. The van der Waals surface area contributed by atoms with Crippen LogP contribution in [0.4, 0.5) is 0 Å². The van der Waals surface area contributed by atoms with Gasteiger partial charge < -0.3 is 10.6 Å². The van der Waals surface area contributed by atoms with Gasteiger partial charge in [0.25, 0.3) is 11.5 Å². The summed E-state index contributed by atoms with van der Waals surface area (Å²) >= 11 is 0. The fourth-order valence-electron chi connectivity index (χ4n) is 3.21. The standard InChI is InChI=1S/C18H24N4O2/c1-12(2)10-22-17(23)15-8-4-3-7-14(15)16(20-22)18(24)21-9-5-6-13(19)11-21/h3-4,7-8,12-13H,5-6,9-11,19H2,1-2H3. The van der Waals surface area contributed by atoms with Crippen LogP contribution in [0.2, 0.25) is 0 Å². The number of hydrogen-bond acceptors (Lipinski definition) is 4. The molecule has 6 heteroatoms. The van der Waals surface area contributed by atoms with Gasteiger partial charge in [-0.05, 0) is 24.8 Å². The quantitative estimate of drug-likeness (QED) is 0.928. The average molecular weight is 328 g/mol. The molecule has 1 atom stereocenters. The van der Waals surface area contributed by atoms with E-state index in [1.807, 2.05) is 26.0 Å². The molecule has 1 fully saturated rings. The number of benzene rings is 1. The molecule has 1 aliphatic heterocycles. The number of carbonyl (C=O) groups excluding carboxylic acids is 1. The van der Waals surface area contributed by atoms with E-state index in [1.165, 1.54) is 4.68 Å². The fraction of sp³-hybridized carbons (Fsp3) is 0.500. The van der Waals surface area contributed by atoms with Crippen molar-refractivity contribution in [2.24, 2.45) is 11.7 Å². The van der Waals surface area contributed by atoms with Crippen LogP contribution in [0.25, 0.3) is 10.8 Å². The van der Waals surface area contributed by atoms with Gasteiger partial charge in [-0.2, -0.15) is 5.10 Å². The smallest absolute Gasteiger partial charge is 0.275 e. The van der Waals surface area contributed by atoms with Gasteiger partial charge in [0, 0.05) is 31.1 Å². The number of rotatable bonds is 3. The highest BCUT2D eigenvalue weighted by Crippen LogP contribution is 2.18. The summed E-state index contributed by atoms with van der Waals surface area (Å²) in [5.74, 6) is 0.126. The predicted octanol–water partition coefficient (Wildman–Crippen LogP) is 1.62. The van der Waals surface area contributed by atoms with Gasteiger partial charge in [-0.1, -0.05) is 32.0 Å². The number of amides is 1. The Balaban J connectivity index is 2.10. The van der Waals surface area contributed by atoms with Crippen molar-refractivity contribution < 1.29 is 4.79 Å². The van der Waals surface area contributed by atoms with Gasteiger partial charge in [-0.25, -0.2) is 4.68 Å². The van der Waals surface area contributed by atoms with E-state index in [-0.39, 0.29) is 23.4 Å². The summed E-state index contributed by atoms with van der Waals surface area (Å²) in [6.45, 7) is 5.76. The SMILES string of the molecule is CC(C)Cn1nc(C(=O)N2CCCC(N)C2)c2ccccc2c1=O. The van der Waals surface area contributed by atoms with Crippen LogP contribution in [0.15, 0.2) is 29.1 Å². The van der Waals surface area contributed by atoms with Gasteiger partial charge in [0.2, 0.25) is 0 Å². The molecule has 2 N–H and O–H groups in total. The fourth-order valence-corrected chi connectivity index (χ4v) is 3.21. The second-order valence-corrected chi connectivity index (χ2v) is 6.93. The minimum atomic E-state index is -0.147. The maximum Gasteiger partial charge on any atom is 0.275 e. The van der Waals surface area contributed by atoms with Gasteiger partial charge in [0.15, 0.2) is 5.69 Å². The van der Waals surface area contributed by atoms with Crippen molar-refractivity contribution in [3.05, 3.63) is 40.3 Å². The van der Waals surface area contributed by atoms with E-state index in [0.717, 1.165) is 12.8 Å². The third-order valence-corrected chi connectivity index (χ3v) is 4.35. The minimum absolute atomic E-state index is 0.00975. The van der Waals surface area contributed by atoms with Crippen LogP contribution < -0.4 is 11.3 Å². The number of nitrogens with zero attached hydrogens (tertiary/aromatic N) is 3. The largest absolute Gasteiger partial charge is 0.336 e. The molecule has 2 heterocycles. The summed E-state index contributed by atoms with van der Waals surface area (Å²) in [4.78, 5) is 27.4. The first-order valence-corrected chi connectivity index (χ1v) is 8.52. The van der Waals surface area contributed by atoms with Crippen molar-refractivity contribution in [1.82, 2.24) is 14.7 Å². The highest BCUT2D eigenvalue weighted by molar-refractivity contribution is 6.04. The maximum atomic E-state index is 13.0. The van der Waals surface area contributed by atoms with Gasteiger partial charge in [-0.3, -0.25) is 9.59 Å². The lowest BCUT2D eigenvalue weighted by molar-refractivity contribution is 0.0702. The van der Waals surface area contributed by atoms with E-state index in [2.05, 4.69) is 5.10 Å². The zero-order chi connectivity index (χ0) is 17.3. The Kier molecular flexibility index (Phi) is 4.66. The number of likely N-dealkylation sites (tertiary alicyclic amines) is 1. The molecule has 1 amide bonds. The molecule has 1 aromatic carbocycles. The van der Waals surface area contributed by atoms with E-state index < -0.39 is 0 Å². The van der Waals surface area contributed by atoms with Crippen molar-refractivity contribution in [3.8, 4) is 0 Å². The van der Waals surface area contributed by atoms with Crippen molar-refractivity contribution in [2.75, 3.05) is 13.1 Å². The topological polar surface area (TPSA) is 81.2 Å². The highest BCUT2D eigenvalue weighted by Gasteiger charge is 2.26. The lowest BCUT2D eigenvalue weighted by atomic mass is 10.0. The molecule has 1 unspecified atom stereocenters. The van der Waals surface area contributed by atoms with Crippen molar-refractivity contribution in [3.63, 3.8) is 0 Å². The normalized spacial score (nSPS) is 18.3. The van der Waals surface area contributed by atoms with E-state index in [0.29, 0.717) is 36.1 Å². The number of fused-ring (bicyclic) bond motifs is 1. The van der Waals surface area contributed by atoms with Gasteiger partial charge in [-0.15, -0.1) is 0 Å². The zero-order valence-electron chi connectivity index (χ0n) is 14.2. The predicted molar refractivity (Wildman–Crippen MR) is 94.0 cm³/mol. The molecule has 0 spiro atoms. The van der Waals surface area contributed by atoms with Crippen molar-refractivity contribution >= 4 is 16.7 Å². The van der Waals surface area contributed by atoms with Crippen LogP contribution in [0.3, 0.4) is 0 Å². The van der Waals surface area contributed by atoms with Crippen LogP contribution >= 0.6 is 0 Å². The Hall–Kier alpha value is -2.21. The number of aromatic nitrogens is 2. The molecule has 3 rings (SSSR count). The second kappa shape index (κ2) is 6.73. The Morgan fingerprint density at radius 3 is 2.71 bits per heavy atom. The second-order valence-electron chi connectivity index (χ2n) is 6.93. The molecule has 0 aliphatic carbocycles. The Morgan fingerprint density at radius 1 is 1.33 bits per heavy atom. The summed E-state index contributed by atoms with van der Waals surface area (Å²) < 4.78 is 1.42. The van der Waals surface area contributed by atoms with Gasteiger partial charge >= 0.3 is 0 Å². The summed E-state index contributed by atoms with van der Waals surface area (Å²) in [7, 11) is 0. The van der Waals surface area contributed by atoms with Gasteiger partial charge in [0.05, 0.1) is 5.39 Å². The van der Waals surface area contributed by atoms with Crippen molar-refractivity contribution in [1.29, 1.82) is 0 Å². The Bertz CT molecular complexity index is 812. The van der Waals surface area contributed by atoms with Crippen molar-refractivity contribution in [2.45, 2.75) is 39.3 Å². The first-order chi connectivity index (χ1) is 11.5. The summed E-state index contributed by atoms with van der Waals surface area (Å²) in [5, 5.41) is 5.57. The average Bonchev–Trinajstić information content (AvgIpc) is 2.56. The Labute approximate surface area is 141 Å². The third-order valence-electron chi connectivity index (χ3n) is 4.35. The lowest BCUT2D eigenvalue weighted by Crippen LogP contribution is -2.46. The first kappa shape index (κ1) is 16.6. The number of nitrogens with two attached hydrogens (primary N) is 1. The van der Waals surface area contributed by atoms with Crippen LogP contribution in [-0.4, -0.2) is 39.7 Å². The molecular formula is C18H24N4O2. The molecule has 1 saturated heterocycles. The highest BCUT2D eigenvalue weighted by atomic mass is 16.2. The molecule has 0 radical (unpaired) electrons. The third kappa shape index (κ3) is 3.19. The number of carbonyl (C=O) groups is 1. The minimum Gasteiger partial charge on any atom is -0.336 e. The van der Waals surface area contributed by atoms with Crippen LogP contribution in [0, 0.1) is 5.92 Å². The molecule has 24 heavy (non-hydrogen) atoms. The lowest BCUT2D eigenvalue weighted by Gasteiger charge is -2.30. The van der Waals surface area contributed by atoms with E-state index in [9.17, 15) is 9.59 Å². The number of hydrogen-bond donors (Lipinski definition) is 1. The number of piperidine rings is 1. The molecule has 6 nitrogen and oxygen atoms in total. The Morgan fingerprint density at radius 2 is 2.04 bits per heavy atom. The van der Waals surface area contributed by atoms with E-state index in [4.69, 9.17) is 5.73 Å². The van der Waals surface area contributed by atoms with Crippen LogP contribution in [0.1, 0.15) is 37.2 Å². The monoisotopic (exact) mass is 328 g/mol. The summed E-state index contributed by atoms with van der Waals surface area (Å²) in [6.07, 6.45) is 1.83. The molecule has 0 saturated carbocycles. The zero-order valence-corrected chi connectivity index (χ0v) is 14.2. The van der Waals surface area contributed by atoms with Gasteiger partial charge in [0.1, 0.15) is 0 Å². The first-order valence-electron chi connectivity index (χ1n) is 8.52. The van der Waals surface area contributed by atoms with E-state index >= 15 is 0 Å².